The van der Waals surface area contributed by atoms with Gasteiger partial charge in [-0.2, -0.15) is 0 Å². The van der Waals surface area contributed by atoms with Gasteiger partial charge in [-0.05, 0) is 24.7 Å². The van der Waals surface area contributed by atoms with Gasteiger partial charge < -0.3 is 4.74 Å². The Balaban J connectivity index is 3.98. The maximum atomic E-state index is 12.1. The summed E-state index contributed by atoms with van der Waals surface area (Å²) < 4.78 is 5.44. The Morgan fingerprint density at radius 3 is 1.48 bits per heavy atom. The zero-order valence-corrected chi connectivity index (χ0v) is 19.2. The molecule has 1 unspecified atom stereocenters. The molecule has 0 bridgehead atoms. The van der Waals surface area contributed by atoms with E-state index in [2.05, 4.69) is 27.7 Å². The van der Waals surface area contributed by atoms with Gasteiger partial charge in [0.05, 0.1) is 6.61 Å². The number of esters is 1. The molecule has 0 radical (unpaired) electrons. The maximum Gasteiger partial charge on any atom is 0.306 e. The molecule has 0 aromatic carbocycles. The molecular formula is C25H50O2. The smallest absolute Gasteiger partial charge is 0.306 e. The van der Waals surface area contributed by atoms with Gasteiger partial charge in [0.25, 0.3) is 0 Å². The molecule has 0 spiro atoms. The first-order valence-corrected chi connectivity index (χ1v) is 12.3. The van der Waals surface area contributed by atoms with Crippen LogP contribution in [-0.4, -0.2) is 12.6 Å². The molecule has 0 amide bonds. The second-order valence-corrected chi connectivity index (χ2v) is 8.97. The third-order valence-electron chi connectivity index (χ3n) is 5.46. The maximum absolute atomic E-state index is 12.1. The van der Waals surface area contributed by atoms with Crippen molar-refractivity contribution in [2.75, 3.05) is 6.61 Å². The fraction of sp³-hybridized carbons (Fsp3) is 0.960. The van der Waals surface area contributed by atoms with Gasteiger partial charge in [0.15, 0.2) is 0 Å². The zero-order chi connectivity index (χ0) is 20.2. The molecule has 2 heteroatoms. The number of carbonyl (C=O) groups excluding carboxylic acids is 1. The largest absolute Gasteiger partial charge is 0.465 e. The highest BCUT2D eigenvalue weighted by Crippen LogP contribution is 2.23. The summed E-state index contributed by atoms with van der Waals surface area (Å²) in [6.07, 6.45) is 21.9. The number of rotatable bonds is 20. The number of hydrogen-bond acceptors (Lipinski definition) is 2. The van der Waals surface area contributed by atoms with Crippen LogP contribution in [0.4, 0.5) is 0 Å². The minimum Gasteiger partial charge on any atom is -0.465 e. The molecule has 0 aliphatic rings. The summed E-state index contributed by atoms with van der Waals surface area (Å²) in [5.74, 6) is 0.994. The molecule has 0 aromatic heterocycles. The molecule has 0 heterocycles. The van der Waals surface area contributed by atoms with E-state index < -0.39 is 0 Å². The van der Waals surface area contributed by atoms with Crippen molar-refractivity contribution in [2.45, 2.75) is 137 Å². The summed E-state index contributed by atoms with van der Waals surface area (Å²) in [7, 11) is 0. The van der Waals surface area contributed by atoms with Crippen molar-refractivity contribution < 1.29 is 9.53 Å². The van der Waals surface area contributed by atoms with Gasteiger partial charge in [-0.15, -0.1) is 0 Å². The van der Waals surface area contributed by atoms with Gasteiger partial charge >= 0.3 is 5.97 Å². The molecule has 0 saturated heterocycles. The molecule has 0 aliphatic heterocycles. The molecular weight excluding hydrogens is 332 g/mol. The summed E-state index contributed by atoms with van der Waals surface area (Å²) in [6.45, 7) is 9.31. The van der Waals surface area contributed by atoms with Gasteiger partial charge in [0, 0.05) is 6.42 Å². The third-order valence-corrected chi connectivity index (χ3v) is 5.46. The lowest BCUT2D eigenvalue weighted by molar-refractivity contribution is -0.146. The van der Waals surface area contributed by atoms with E-state index in [-0.39, 0.29) is 5.97 Å². The van der Waals surface area contributed by atoms with Crippen LogP contribution in [0.2, 0.25) is 0 Å². The number of unbranched alkanes of at least 4 members (excludes halogenated alkanes) is 12. The fourth-order valence-corrected chi connectivity index (χ4v) is 3.68. The van der Waals surface area contributed by atoms with E-state index in [1.165, 1.54) is 103 Å². The number of ether oxygens (including phenoxy) is 1. The van der Waals surface area contributed by atoms with Crippen LogP contribution in [0.3, 0.4) is 0 Å². The average molecular weight is 383 g/mol. The monoisotopic (exact) mass is 382 g/mol. The van der Waals surface area contributed by atoms with Crippen molar-refractivity contribution in [1.29, 1.82) is 0 Å². The van der Waals surface area contributed by atoms with Crippen LogP contribution in [0.25, 0.3) is 0 Å². The highest BCUT2D eigenvalue weighted by Gasteiger charge is 2.15. The molecule has 27 heavy (non-hydrogen) atoms. The van der Waals surface area contributed by atoms with Crippen LogP contribution in [0, 0.1) is 11.8 Å². The molecule has 0 N–H and O–H groups in total. The van der Waals surface area contributed by atoms with E-state index in [1.807, 2.05) is 0 Å². The first kappa shape index (κ1) is 26.5. The first-order chi connectivity index (χ1) is 13.1. The summed E-state index contributed by atoms with van der Waals surface area (Å²) >= 11 is 0. The standard InChI is InChI=1S/C25H50O2/c1-5-7-9-11-13-14-16-18-20-24(19-17-15-12-10-8-6-2)21-25(26)27-22-23(3)4/h23-24H,5-22H2,1-4H3. The van der Waals surface area contributed by atoms with Gasteiger partial charge in [-0.1, -0.05) is 118 Å². The van der Waals surface area contributed by atoms with Crippen molar-refractivity contribution >= 4 is 5.97 Å². The van der Waals surface area contributed by atoms with Gasteiger partial charge in [0.1, 0.15) is 0 Å². The van der Waals surface area contributed by atoms with E-state index in [9.17, 15) is 4.79 Å². The van der Waals surface area contributed by atoms with Crippen LogP contribution in [0.15, 0.2) is 0 Å². The van der Waals surface area contributed by atoms with Gasteiger partial charge in [-0.25, -0.2) is 0 Å². The van der Waals surface area contributed by atoms with E-state index in [1.54, 1.807) is 0 Å². The zero-order valence-electron chi connectivity index (χ0n) is 19.2. The molecule has 162 valence electrons. The van der Waals surface area contributed by atoms with Crippen LogP contribution in [0.1, 0.15) is 137 Å². The minimum atomic E-state index is 0.0271. The quantitative estimate of drug-likeness (QED) is 0.156. The van der Waals surface area contributed by atoms with E-state index >= 15 is 0 Å². The van der Waals surface area contributed by atoms with E-state index in [0.717, 1.165) is 0 Å². The Morgan fingerprint density at radius 2 is 1.07 bits per heavy atom. The summed E-state index contributed by atoms with van der Waals surface area (Å²) in [5, 5.41) is 0. The highest BCUT2D eigenvalue weighted by molar-refractivity contribution is 5.69. The second-order valence-electron chi connectivity index (χ2n) is 8.97. The molecule has 0 fully saturated rings. The van der Waals surface area contributed by atoms with Crippen molar-refractivity contribution in [3.63, 3.8) is 0 Å². The van der Waals surface area contributed by atoms with Crippen molar-refractivity contribution in [2.24, 2.45) is 11.8 Å². The summed E-state index contributed by atoms with van der Waals surface area (Å²) in [6, 6.07) is 0. The summed E-state index contributed by atoms with van der Waals surface area (Å²) in [5.41, 5.74) is 0. The Kier molecular flexibility index (Phi) is 19.8. The van der Waals surface area contributed by atoms with Gasteiger partial charge in [-0.3, -0.25) is 4.79 Å². The molecule has 1 atom stereocenters. The lowest BCUT2D eigenvalue weighted by atomic mass is 9.91. The molecule has 0 aromatic rings. The normalized spacial score (nSPS) is 12.5. The summed E-state index contributed by atoms with van der Waals surface area (Å²) in [4.78, 5) is 12.1. The number of hydrogen-bond donors (Lipinski definition) is 0. The van der Waals surface area contributed by atoms with Crippen molar-refractivity contribution in [3.05, 3.63) is 0 Å². The van der Waals surface area contributed by atoms with E-state index in [4.69, 9.17) is 4.74 Å². The second kappa shape index (κ2) is 20.2. The molecule has 0 rings (SSSR count). The van der Waals surface area contributed by atoms with Crippen molar-refractivity contribution in [1.82, 2.24) is 0 Å². The Bertz CT molecular complexity index is 311. The SMILES string of the molecule is CCCCCCCCCCC(CCCCCCCC)CC(=O)OCC(C)C. The van der Waals surface area contributed by atoms with Crippen LogP contribution >= 0.6 is 0 Å². The molecule has 0 saturated carbocycles. The minimum absolute atomic E-state index is 0.0271. The fourth-order valence-electron chi connectivity index (χ4n) is 3.68. The molecule has 0 aliphatic carbocycles. The van der Waals surface area contributed by atoms with Crippen LogP contribution in [-0.2, 0) is 9.53 Å². The predicted molar refractivity (Wildman–Crippen MR) is 119 cm³/mol. The van der Waals surface area contributed by atoms with E-state index in [0.29, 0.717) is 24.9 Å². The Hall–Kier alpha value is -0.530. The van der Waals surface area contributed by atoms with Gasteiger partial charge in [0.2, 0.25) is 0 Å². The van der Waals surface area contributed by atoms with Crippen LogP contribution < -0.4 is 0 Å². The Morgan fingerprint density at radius 1 is 0.667 bits per heavy atom. The number of carbonyl (C=O) groups is 1. The predicted octanol–water partition coefficient (Wildman–Crippen LogP) is 8.47. The Labute approximate surface area is 171 Å². The molecule has 2 nitrogen and oxygen atoms in total. The first-order valence-electron chi connectivity index (χ1n) is 12.3. The lowest BCUT2D eigenvalue weighted by Gasteiger charge is -2.17. The van der Waals surface area contributed by atoms with Crippen molar-refractivity contribution in [3.8, 4) is 0 Å². The highest BCUT2D eigenvalue weighted by atomic mass is 16.5. The topological polar surface area (TPSA) is 26.3 Å². The lowest BCUT2D eigenvalue weighted by Crippen LogP contribution is -2.14. The average Bonchev–Trinajstić information content (AvgIpc) is 2.64. The van der Waals surface area contributed by atoms with Crippen LogP contribution in [0.5, 0.6) is 0 Å². The third kappa shape index (κ3) is 20.0.